The second-order valence-electron chi connectivity index (χ2n) is 5.80. The van der Waals surface area contributed by atoms with E-state index >= 15 is 0 Å². The van der Waals surface area contributed by atoms with Crippen molar-refractivity contribution in [1.29, 1.82) is 0 Å². The predicted octanol–water partition coefficient (Wildman–Crippen LogP) is 2.14. The Morgan fingerprint density at radius 2 is 1.70 bits per heavy atom. The van der Waals surface area contributed by atoms with E-state index in [1.165, 1.54) is 25.8 Å². The summed E-state index contributed by atoms with van der Waals surface area (Å²) in [6, 6.07) is 0. The van der Waals surface area contributed by atoms with E-state index in [2.05, 4.69) is 31.0 Å². The summed E-state index contributed by atoms with van der Waals surface area (Å²) >= 11 is 0. The molecule has 4 nitrogen and oxygen atoms in total. The molecule has 1 N–H and O–H groups in total. The third-order valence-electron chi connectivity index (χ3n) is 4.38. The van der Waals surface area contributed by atoms with E-state index in [0.717, 1.165) is 52.6 Å². The highest BCUT2D eigenvalue weighted by Crippen LogP contribution is 2.30. The Morgan fingerprint density at radius 1 is 1.05 bits per heavy atom. The lowest BCUT2D eigenvalue weighted by atomic mass is 9.78. The molecule has 20 heavy (non-hydrogen) atoms. The minimum absolute atomic E-state index is 0.441. The highest BCUT2D eigenvalue weighted by Gasteiger charge is 2.31. The highest BCUT2D eigenvalue weighted by molar-refractivity contribution is 4.87. The van der Waals surface area contributed by atoms with Crippen LogP contribution in [0.15, 0.2) is 0 Å². The van der Waals surface area contributed by atoms with Gasteiger partial charge in [-0.05, 0) is 45.1 Å². The maximum Gasteiger partial charge on any atom is 0.0593 e. The van der Waals surface area contributed by atoms with Gasteiger partial charge in [0, 0.05) is 39.4 Å². The highest BCUT2D eigenvalue weighted by atomic mass is 16.5. The van der Waals surface area contributed by atoms with Crippen LogP contribution in [0.2, 0.25) is 0 Å². The molecule has 0 radical (unpaired) electrons. The molecule has 0 aromatic heterocycles. The van der Waals surface area contributed by atoms with Gasteiger partial charge in [0.2, 0.25) is 0 Å². The van der Waals surface area contributed by atoms with Gasteiger partial charge in [-0.1, -0.05) is 6.92 Å². The zero-order valence-corrected chi connectivity index (χ0v) is 13.7. The molecular formula is C16H34N2O2. The molecule has 0 saturated carbocycles. The molecule has 0 bridgehead atoms. The van der Waals surface area contributed by atoms with E-state index < -0.39 is 0 Å². The Hall–Kier alpha value is -0.160. The normalized spacial score (nSPS) is 23.4. The monoisotopic (exact) mass is 286 g/mol. The van der Waals surface area contributed by atoms with Gasteiger partial charge in [-0.3, -0.25) is 4.90 Å². The Morgan fingerprint density at radius 3 is 2.15 bits per heavy atom. The molecule has 0 aliphatic carbocycles. The van der Waals surface area contributed by atoms with Crippen molar-refractivity contribution >= 4 is 0 Å². The van der Waals surface area contributed by atoms with Gasteiger partial charge >= 0.3 is 0 Å². The standard InChI is InChI=1S/C16H34N2O2/c1-4-16(8-7-9-17-14-16)15-18(10-12-19-5-2)11-13-20-6-3/h17H,4-15H2,1-3H3. The van der Waals surface area contributed by atoms with E-state index in [9.17, 15) is 0 Å². The van der Waals surface area contributed by atoms with Crippen LogP contribution in [0.5, 0.6) is 0 Å². The molecule has 1 atom stereocenters. The fourth-order valence-electron chi connectivity index (χ4n) is 3.00. The maximum atomic E-state index is 5.53. The van der Waals surface area contributed by atoms with Crippen molar-refractivity contribution in [3.63, 3.8) is 0 Å². The second-order valence-corrected chi connectivity index (χ2v) is 5.80. The van der Waals surface area contributed by atoms with Crippen LogP contribution in [0.3, 0.4) is 0 Å². The molecule has 0 aromatic carbocycles. The maximum absolute atomic E-state index is 5.53. The number of nitrogens with zero attached hydrogens (tertiary/aromatic N) is 1. The molecule has 1 aliphatic rings. The number of ether oxygens (including phenoxy) is 2. The third-order valence-corrected chi connectivity index (χ3v) is 4.38. The van der Waals surface area contributed by atoms with Gasteiger partial charge < -0.3 is 14.8 Å². The molecule has 0 amide bonds. The van der Waals surface area contributed by atoms with Crippen molar-refractivity contribution in [3.8, 4) is 0 Å². The quantitative estimate of drug-likeness (QED) is 0.590. The molecule has 1 unspecified atom stereocenters. The summed E-state index contributed by atoms with van der Waals surface area (Å²) in [5, 5.41) is 3.58. The van der Waals surface area contributed by atoms with Gasteiger partial charge in [0.15, 0.2) is 0 Å². The van der Waals surface area contributed by atoms with Crippen molar-refractivity contribution in [1.82, 2.24) is 10.2 Å². The Kier molecular flexibility index (Phi) is 9.44. The summed E-state index contributed by atoms with van der Waals surface area (Å²) < 4.78 is 11.1. The van der Waals surface area contributed by atoms with Crippen LogP contribution < -0.4 is 5.32 Å². The molecule has 1 heterocycles. The molecule has 4 heteroatoms. The molecule has 0 spiro atoms. The van der Waals surface area contributed by atoms with Gasteiger partial charge in [-0.25, -0.2) is 0 Å². The van der Waals surface area contributed by atoms with Crippen LogP contribution in [0.1, 0.15) is 40.0 Å². The van der Waals surface area contributed by atoms with Crippen LogP contribution in [0, 0.1) is 5.41 Å². The van der Waals surface area contributed by atoms with Crippen LogP contribution in [-0.2, 0) is 9.47 Å². The van der Waals surface area contributed by atoms with Gasteiger partial charge in [0.25, 0.3) is 0 Å². The summed E-state index contributed by atoms with van der Waals surface area (Å²) in [6.45, 7) is 15.2. The molecule has 120 valence electrons. The topological polar surface area (TPSA) is 33.7 Å². The van der Waals surface area contributed by atoms with Crippen molar-refractivity contribution in [2.24, 2.45) is 5.41 Å². The smallest absolute Gasteiger partial charge is 0.0593 e. The summed E-state index contributed by atoms with van der Waals surface area (Å²) in [4.78, 5) is 2.53. The minimum atomic E-state index is 0.441. The largest absolute Gasteiger partial charge is 0.380 e. The van der Waals surface area contributed by atoms with Crippen molar-refractivity contribution in [3.05, 3.63) is 0 Å². The Bertz CT molecular complexity index is 221. The lowest BCUT2D eigenvalue weighted by Gasteiger charge is -2.41. The van der Waals surface area contributed by atoms with E-state index in [-0.39, 0.29) is 0 Å². The lowest BCUT2D eigenvalue weighted by molar-refractivity contribution is 0.0486. The summed E-state index contributed by atoms with van der Waals surface area (Å²) in [6.07, 6.45) is 3.90. The van der Waals surface area contributed by atoms with E-state index in [1.807, 2.05) is 0 Å². The Balaban J connectivity index is 2.46. The number of hydrogen-bond acceptors (Lipinski definition) is 4. The molecule has 0 aromatic rings. The fraction of sp³-hybridized carbons (Fsp3) is 1.00. The van der Waals surface area contributed by atoms with Crippen LogP contribution in [0.25, 0.3) is 0 Å². The molecule has 1 fully saturated rings. The first kappa shape index (κ1) is 17.9. The average molecular weight is 286 g/mol. The van der Waals surface area contributed by atoms with Crippen LogP contribution in [-0.4, -0.2) is 64.1 Å². The first-order valence-corrected chi connectivity index (χ1v) is 8.35. The zero-order chi connectivity index (χ0) is 14.7. The van der Waals surface area contributed by atoms with E-state index in [1.54, 1.807) is 0 Å². The van der Waals surface area contributed by atoms with Crippen molar-refractivity contribution in [2.75, 3.05) is 59.2 Å². The Labute approximate surface area is 125 Å². The van der Waals surface area contributed by atoms with Crippen LogP contribution >= 0.6 is 0 Å². The number of nitrogens with one attached hydrogen (secondary N) is 1. The number of rotatable bonds is 11. The summed E-state index contributed by atoms with van der Waals surface area (Å²) in [5.74, 6) is 0. The van der Waals surface area contributed by atoms with Gasteiger partial charge in [0.05, 0.1) is 13.2 Å². The van der Waals surface area contributed by atoms with Gasteiger partial charge in [-0.2, -0.15) is 0 Å². The molecule has 1 rings (SSSR count). The number of hydrogen-bond donors (Lipinski definition) is 1. The molecular weight excluding hydrogens is 252 g/mol. The summed E-state index contributed by atoms with van der Waals surface area (Å²) in [5.41, 5.74) is 0.441. The first-order valence-electron chi connectivity index (χ1n) is 8.35. The van der Waals surface area contributed by atoms with E-state index in [0.29, 0.717) is 5.41 Å². The molecule has 1 aliphatic heterocycles. The second kappa shape index (κ2) is 10.6. The predicted molar refractivity (Wildman–Crippen MR) is 84.3 cm³/mol. The van der Waals surface area contributed by atoms with Gasteiger partial charge in [-0.15, -0.1) is 0 Å². The first-order chi connectivity index (χ1) is 9.76. The SMILES string of the molecule is CCOCCN(CCOCC)CC1(CC)CCCNC1. The number of piperidine rings is 1. The van der Waals surface area contributed by atoms with Gasteiger partial charge in [0.1, 0.15) is 0 Å². The summed E-state index contributed by atoms with van der Waals surface area (Å²) in [7, 11) is 0. The lowest BCUT2D eigenvalue weighted by Crippen LogP contribution is -2.48. The van der Waals surface area contributed by atoms with Crippen molar-refractivity contribution < 1.29 is 9.47 Å². The fourth-order valence-corrected chi connectivity index (χ4v) is 3.00. The van der Waals surface area contributed by atoms with Crippen molar-refractivity contribution in [2.45, 2.75) is 40.0 Å². The average Bonchev–Trinajstić information content (AvgIpc) is 2.48. The third kappa shape index (κ3) is 6.53. The van der Waals surface area contributed by atoms with Crippen LogP contribution in [0.4, 0.5) is 0 Å². The van der Waals surface area contributed by atoms with E-state index in [4.69, 9.17) is 9.47 Å². The zero-order valence-electron chi connectivity index (χ0n) is 13.7. The minimum Gasteiger partial charge on any atom is -0.380 e. The molecule has 1 saturated heterocycles.